The maximum absolute atomic E-state index is 12.1. The second kappa shape index (κ2) is 10.6. The molecule has 0 amide bonds. The van der Waals surface area contributed by atoms with Crippen molar-refractivity contribution in [1.82, 2.24) is 10.1 Å². The topological polar surface area (TPSA) is 135 Å². The van der Waals surface area contributed by atoms with E-state index in [9.17, 15) is 13.2 Å². The number of ether oxygens (including phenoxy) is 1. The van der Waals surface area contributed by atoms with Gasteiger partial charge in [-0.1, -0.05) is 41.0 Å². The van der Waals surface area contributed by atoms with E-state index in [1.807, 2.05) is 0 Å². The van der Waals surface area contributed by atoms with Crippen LogP contribution in [0.25, 0.3) is 17.1 Å². The van der Waals surface area contributed by atoms with E-state index in [-0.39, 0.29) is 28.2 Å². The first-order valence-electron chi connectivity index (χ1n) is 9.31. The maximum Gasteiger partial charge on any atom is 0.357 e. The van der Waals surface area contributed by atoms with Crippen LogP contribution in [-0.4, -0.2) is 48.7 Å². The molecule has 0 bridgehead atoms. The predicted octanol–water partition coefficient (Wildman–Crippen LogP) is 4.13. The summed E-state index contributed by atoms with van der Waals surface area (Å²) in [4.78, 5) is 16.5. The monoisotopic (exact) mass is 506 g/mol. The van der Waals surface area contributed by atoms with Crippen LogP contribution in [0.5, 0.6) is 0 Å². The number of esters is 1. The number of rotatable bonds is 9. The van der Waals surface area contributed by atoms with Gasteiger partial charge in [-0.05, 0) is 36.6 Å². The molecule has 0 saturated carbocycles. The number of carbonyl (C=O) groups excluding carboxylic acids is 1. The molecule has 0 fully saturated rings. The van der Waals surface area contributed by atoms with Gasteiger partial charge in [0.15, 0.2) is 9.84 Å². The Morgan fingerprint density at radius 1 is 1.27 bits per heavy atom. The van der Waals surface area contributed by atoms with E-state index in [4.69, 9.17) is 26.3 Å². The van der Waals surface area contributed by atoms with Crippen molar-refractivity contribution in [1.29, 1.82) is 5.41 Å². The van der Waals surface area contributed by atoms with Gasteiger partial charge in [0.25, 0.3) is 5.89 Å². The summed E-state index contributed by atoms with van der Waals surface area (Å²) in [5.74, 6) is -0.650. The number of thioether (sulfide) groups is 1. The van der Waals surface area contributed by atoms with Crippen molar-refractivity contribution in [2.45, 2.75) is 4.90 Å². The highest BCUT2D eigenvalue weighted by Gasteiger charge is 2.19. The zero-order chi connectivity index (χ0) is 24.0. The van der Waals surface area contributed by atoms with E-state index in [2.05, 4.69) is 15.5 Å². The van der Waals surface area contributed by atoms with Crippen molar-refractivity contribution in [2.75, 3.05) is 23.8 Å². The molecule has 172 valence electrons. The zero-order valence-electron chi connectivity index (χ0n) is 17.5. The number of halogens is 1. The summed E-state index contributed by atoms with van der Waals surface area (Å²) < 4.78 is 34.0. The lowest BCUT2D eigenvalue weighted by atomic mass is 10.2. The number of benzene rings is 2. The van der Waals surface area contributed by atoms with Crippen molar-refractivity contribution >= 4 is 56.3 Å². The molecule has 0 unspecified atom stereocenters. The van der Waals surface area contributed by atoms with Gasteiger partial charge in [-0.3, -0.25) is 5.41 Å². The van der Waals surface area contributed by atoms with Crippen molar-refractivity contribution in [3.63, 3.8) is 0 Å². The second-order valence-corrected chi connectivity index (χ2v) is 9.87. The van der Waals surface area contributed by atoms with E-state index in [0.29, 0.717) is 16.3 Å². The normalized spacial score (nSPS) is 11.8. The molecule has 3 aromatic rings. The summed E-state index contributed by atoms with van der Waals surface area (Å²) in [6, 6.07) is 12.9. The number of para-hydroxylation sites is 1. The Hall–Kier alpha value is -3.15. The van der Waals surface area contributed by atoms with Crippen LogP contribution in [0.1, 0.15) is 5.89 Å². The zero-order valence-corrected chi connectivity index (χ0v) is 19.9. The largest absolute Gasteiger partial charge is 0.450 e. The molecule has 9 nitrogen and oxygen atoms in total. The number of nitrogens with zero attached hydrogens (tertiary/aromatic N) is 2. The third-order valence-electron chi connectivity index (χ3n) is 4.14. The molecule has 2 N–H and O–H groups in total. The molecule has 12 heteroatoms. The fourth-order valence-electron chi connectivity index (χ4n) is 2.57. The highest BCUT2D eigenvalue weighted by atomic mass is 35.5. The van der Waals surface area contributed by atoms with Gasteiger partial charge in [-0.2, -0.15) is 4.98 Å². The third kappa shape index (κ3) is 6.44. The molecule has 0 saturated heterocycles. The summed E-state index contributed by atoms with van der Waals surface area (Å²) in [6.07, 6.45) is 4.05. The van der Waals surface area contributed by atoms with Gasteiger partial charge in [0.05, 0.1) is 15.6 Å². The van der Waals surface area contributed by atoms with Crippen LogP contribution in [-0.2, 0) is 19.4 Å². The lowest BCUT2D eigenvalue weighted by molar-refractivity contribution is -0.133. The smallest absolute Gasteiger partial charge is 0.357 e. The molecule has 0 aliphatic rings. The van der Waals surface area contributed by atoms with Crippen LogP contribution in [0, 0.1) is 5.41 Å². The molecule has 0 spiro atoms. The summed E-state index contributed by atoms with van der Waals surface area (Å²) in [7, 11) is -3.43. The number of anilines is 1. The summed E-state index contributed by atoms with van der Waals surface area (Å²) in [5, 5.41) is 15.3. The van der Waals surface area contributed by atoms with Gasteiger partial charge in [0, 0.05) is 11.8 Å². The average molecular weight is 507 g/mol. The number of carbonyl (C=O) groups is 1. The van der Waals surface area contributed by atoms with Crippen LogP contribution in [0.3, 0.4) is 0 Å². The first kappa shape index (κ1) is 24.5. The number of hydrogen-bond donors (Lipinski definition) is 2. The van der Waals surface area contributed by atoms with Crippen LogP contribution in [0.15, 0.2) is 64.0 Å². The minimum absolute atomic E-state index is 0.0444. The molecule has 0 aliphatic heterocycles. The molecule has 1 heterocycles. The maximum atomic E-state index is 12.1. The quantitative estimate of drug-likeness (QED) is 0.249. The predicted molar refractivity (Wildman–Crippen MR) is 128 cm³/mol. The van der Waals surface area contributed by atoms with Gasteiger partial charge in [0.1, 0.15) is 17.3 Å². The Morgan fingerprint density at radius 3 is 2.73 bits per heavy atom. The number of sulfone groups is 1. The van der Waals surface area contributed by atoms with E-state index in [1.165, 1.54) is 30.0 Å². The van der Waals surface area contributed by atoms with E-state index < -0.39 is 21.5 Å². The molecule has 0 atom stereocenters. The van der Waals surface area contributed by atoms with E-state index in [0.717, 1.165) is 6.26 Å². The molecule has 33 heavy (non-hydrogen) atoms. The van der Waals surface area contributed by atoms with Crippen molar-refractivity contribution < 1.29 is 22.5 Å². The SMILES string of the molecule is CSCOC(=O)C(=N)/C=C(\Nc1ccccc1Cl)c1nc(-c2cccc(S(C)(=O)=O)c2)no1. The van der Waals surface area contributed by atoms with E-state index >= 15 is 0 Å². The molecule has 2 aromatic carbocycles. The van der Waals surface area contributed by atoms with Crippen LogP contribution in [0.4, 0.5) is 5.69 Å². The van der Waals surface area contributed by atoms with Crippen molar-refractivity contribution in [3.05, 3.63) is 65.5 Å². The van der Waals surface area contributed by atoms with Crippen LogP contribution < -0.4 is 5.32 Å². The first-order chi connectivity index (χ1) is 15.7. The van der Waals surface area contributed by atoms with E-state index in [1.54, 1.807) is 42.7 Å². The Labute approximate surface area is 199 Å². The van der Waals surface area contributed by atoms with Crippen molar-refractivity contribution in [2.24, 2.45) is 0 Å². The minimum atomic E-state index is -3.43. The van der Waals surface area contributed by atoms with Gasteiger partial charge in [0.2, 0.25) is 5.82 Å². The highest BCUT2D eigenvalue weighted by Crippen LogP contribution is 2.27. The molecular weight excluding hydrogens is 488 g/mol. The lowest BCUT2D eigenvalue weighted by Crippen LogP contribution is -2.15. The third-order valence-corrected chi connectivity index (χ3v) is 5.93. The summed E-state index contributed by atoms with van der Waals surface area (Å²) in [5.41, 5.74) is 0.582. The second-order valence-electron chi connectivity index (χ2n) is 6.64. The number of nitrogens with one attached hydrogen (secondary N) is 2. The fraction of sp³-hybridized carbons (Fsp3) is 0.143. The van der Waals surface area contributed by atoms with Crippen LogP contribution in [0.2, 0.25) is 5.02 Å². The lowest BCUT2D eigenvalue weighted by Gasteiger charge is -2.09. The Balaban J connectivity index is 1.99. The van der Waals surface area contributed by atoms with Gasteiger partial charge >= 0.3 is 5.97 Å². The molecule has 1 aromatic heterocycles. The number of hydrogen-bond acceptors (Lipinski definition) is 10. The summed E-state index contributed by atoms with van der Waals surface area (Å²) in [6.45, 7) is 0. The minimum Gasteiger partial charge on any atom is -0.450 e. The van der Waals surface area contributed by atoms with Gasteiger partial charge < -0.3 is 14.6 Å². The Kier molecular flexibility index (Phi) is 7.90. The number of aromatic nitrogens is 2. The average Bonchev–Trinajstić information content (AvgIpc) is 3.28. The summed E-state index contributed by atoms with van der Waals surface area (Å²) >= 11 is 7.52. The fourth-order valence-corrected chi connectivity index (χ4v) is 3.64. The molecule has 0 radical (unpaired) electrons. The molecule has 0 aliphatic carbocycles. The first-order valence-corrected chi connectivity index (χ1v) is 13.0. The highest BCUT2D eigenvalue weighted by molar-refractivity contribution is 7.98. The van der Waals surface area contributed by atoms with Crippen molar-refractivity contribution in [3.8, 4) is 11.4 Å². The Bertz CT molecular complexity index is 1320. The van der Waals surface area contributed by atoms with Gasteiger partial charge in [-0.25, -0.2) is 13.2 Å². The Morgan fingerprint density at radius 2 is 2.03 bits per heavy atom. The molecule has 3 rings (SSSR count). The standard InChI is InChI=1S/C21H19ClN4O5S2/c1-32-12-30-21(27)16(23)11-18(24-17-9-4-3-8-15(17)22)20-25-19(26-31-20)13-6-5-7-14(10-13)33(2,28)29/h3-11,23-24H,12H2,1-2H3/b18-11-,23-16?. The molecular formula is C21H19ClN4O5S2. The van der Waals surface area contributed by atoms with Gasteiger partial charge in [-0.15, -0.1) is 11.8 Å². The van der Waals surface area contributed by atoms with Crippen LogP contribution >= 0.6 is 23.4 Å².